The van der Waals surface area contributed by atoms with E-state index in [0.29, 0.717) is 12.1 Å². The zero-order valence-electron chi connectivity index (χ0n) is 9.03. The summed E-state index contributed by atoms with van der Waals surface area (Å²) in [4.78, 5) is 11.1. The van der Waals surface area contributed by atoms with Crippen molar-refractivity contribution in [1.82, 2.24) is 0 Å². The third kappa shape index (κ3) is 2.81. The SMILES string of the molecule is CC(=O)c1cc(C(F)(F)F)cc(C(F)F)c1C. The van der Waals surface area contributed by atoms with Gasteiger partial charge >= 0.3 is 6.18 Å². The summed E-state index contributed by atoms with van der Waals surface area (Å²) in [5.41, 5.74) is -2.43. The van der Waals surface area contributed by atoms with Crippen molar-refractivity contribution in [2.24, 2.45) is 0 Å². The van der Waals surface area contributed by atoms with Crippen molar-refractivity contribution < 1.29 is 26.7 Å². The Morgan fingerprint density at radius 2 is 1.76 bits per heavy atom. The van der Waals surface area contributed by atoms with Crippen LogP contribution in [0.15, 0.2) is 12.1 Å². The van der Waals surface area contributed by atoms with Gasteiger partial charge in [0.1, 0.15) is 0 Å². The third-order valence-corrected chi connectivity index (χ3v) is 2.39. The van der Waals surface area contributed by atoms with E-state index in [0.717, 1.165) is 6.92 Å². The van der Waals surface area contributed by atoms with Gasteiger partial charge in [-0.25, -0.2) is 8.78 Å². The molecule has 0 amide bonds. The topological polar surface area (TPSA) is 17.1 Å². The van der Waals surface area contributed by atoms with Crippen LogP contribution in [0.25, 0.3) is 0 Å². The van der Waals surface area contributed by atoms with Crippen molar-refractivity contribution in [3.8, 4) is 0 Å². The highest BCUT2D eigenvalue weighted by Gasteiger charge is 2.33. The van der Waals surface area contributed by atoms with Gasteiger partial charge in [-0.1, -0.05) is 0 Å². The fourth-order valence-corrected chi connectivity index (χ4v) is 1.49. The lowest BCUT2D eigenvalue weighted by molar-refractivity contribution is -0.137. The normalized spacial score (nSPS) is 12.0. The maximum atomic E-state index is 12.6. The molecule has 0 spiro atoms. The Hall–Kier alpha value is -1.46. The van der Waals surface area contributed by atoms with Crippen LogP contribution in [0.1, 0.15) is 40.4 Å². The van der Waals surface area contributed by atoms with Crippen LogP contribution in [0.4, 0.5) is 22.0 Å². The Bertz CT molecular complexity index is 448. The van der Waals surface area contributed by atoms with Gasteiger partial charge in [0.25, 0.3) is 6.43 Å². The van der Waals surface area contributed by atoms with Gasteiger partial charge in [-0.15, -0.1) is 0 Å². The molecule has 1 nitrogen and oxygen atoms in total. The van der Waals surface area contributed by atoms with E-state index in [4.69, 9.17) is 0 Å². The molecule has 0 heterocycles. The first kappa shape index (κ1) is 13.6. The van der Waals surface area contributed by atoms with Crippen molar-refractivity contribution in [1.29, 1.82) is 0 Å². The standard InChI is InChI=1S/C11H9F5O/c1-5-8(6(2)17)3-7(11(14,15)16)4-9(5)10(12)13/h3-4,10H,1-2H3. The summed E-state index contributed by atoms with van der Waals surface area (Å²) in [6.07, 6.45) is -7.79. The highest BCUT2D eigenvalue weighted by Crippen LogP contribution is 2.35. The second-order valence-electron chi connectivity index (χ2n) is 3.59. The molecule has 0 unspecified atom stereocenters. The molecule has 0 fully saturated rings. The average molecular weight is 252 g/mol. The first-order chi connectivity index (χ1) is 7.64. The first-order valence-corrected chi connectivity index (χ1v) is 4.65. The molecule has 0 saturated heterocycles. The Labute approximate surface area is 94.2 Å². The van der Waals surface area contributed by atoms with Crippen LogP contribution >= 0.6 is 0 Å². The monoisotopic (exact) mass is 252 g/mol. The van der Waals surface area contributed by atoms with Gasteiger partial charge in [0.15, 0.2) is 5.78 Å². The molecule has 17 heavy (non-hydrogen) atoms. The number of benzene rings is 1. The minimum atomic E-state index is -4.75. The van der Waals surface area contributed by atoms with Gasteiger partial charge in [0, 0.05) is 11.1 Å². The van der Waals surface area contributed by atoms with Gasteiger partial charge in [-0.05, 0) is 31.5 Å². The summed E-state index contributed by atoms with van der Waals surface area (Å²) in [5, 5.41) is 0. The van der Waals surface area contributed by atoms with Gasteiger partial charge in [-0.3, -0.25) is 4.79 Å². The lowest BCUT2D eigenvalue weighted by atomic mass is 9.96. The van der Waals surface area contributed by atoms with E-state index in [1.54, 1.807) is 0 Å². The Morgan fingerprint density at radius 3 is 2.12 bits per heavy atom. The second-order valence-corrected chi connectivity index (χ2v) is 3.59. The zero-order chi connectivity index (χ0) is 13.4. The Balaban J connectivity index is 3.53. The smallest absolute Gasteiger partial charge is 0.295 e. The molecule has 0 aliphatic carbocycles. The van der Waals surface area contributed by atoms with E-state index in [-0.39, 0.29) is 11.1 Å². The molecule has 1 rings (SSSR count). The van der Waals surface area contributed by atoms with Crippen LogP contribution in [0.3, 0.4) is 0 Å². The fourth-order valence-electron chi connectivity index (χ4n) is 1.49. The highest BCUT2D eigenvalue weighted by atomic mass is 19.4. The number of carbonyl (C=O) groups is 1. The van der Waals surface area contributed by atoms with Crippen molar-refractivity contribution in [2.45, 2.75) is 26.4 Å². The van der Waals surface area contributed by atoms with Crippen LogP contribution < -0.4 is 0 Å². The van der Waals surface area contributed by atoms with E-state index in [2.05, 4.69) is 0 Å². The quantitative estimate of drug-likeness (QED) is 0.570. The van der Waals surface area contributed by atoms with E-state index >= 15 is 0 Å². The lowest BCUT2D eigenvalue weighted by Gasteiger charge is -2.14. The second kappa shape index (κ2) is 4.43. The molecule has 1 aromatic carbocycles. The number of hydrogen-bond donors (Lipinski definition) is 0. The van der Waals surface area contributed by atoms with E-state index in [1.807, 2.05) is 0 Å². The summed E-state index contributed by atoms with van der Waals surface area (Å²) >= 11 is 0. The number of ketones is 1. The van der Waals surface area contributed by atoms with Crippen LogP contribution in [0.2, 0.25) is 0 Å². The molecule has 0 aliphatic rings. The number of hydrogen-bond acceptors (Lipinski definition) is 1. The van der Waals surface area contributed by atoms with Crippen LogP contribution in [-0.4, -0.2) is 5.78 Å². The summed E-state index contributed by atoms with van der Waals surface area (Å²) in [6, 6.07) is 0.982. The van der Waals surface area contributed by atoms with Gasteiger partial charge in [-0.2, -0.15) is 13.2 Å². The minimum absolute atomic E-state index is 0.111. The van der Waals surface area contributed by atoms with Crippen molar-refractivity contribution in [2.75, 3.05) is 0 Å². The van der Waals surface area contributed by atoms with Gasteiger partial charge in [0.05, 0.1) is 5.56 Å². The third-order valence-electron chi connectivity index (χ3n) is 2.39. The van der Waals surface area contributed by atoms with Gasteiger partial charge in [0.2, 0.25) is 0 Å². The van der Waals surface area contributed by atoms with Crippen molar-refractivity contribution in [3.63, 3.8) is 0 Å². The largest absolute Gasteiger partial charge is 0.416 e. The Kier molecular flexibility index (Phi) is 3.54. The summed E-state index contributed by atoms with van der Waals surface area (Å²) in [6.45, 7) is 2.25. The predicted molar refractivity (Wildman–Crippen MR) is 51.1 cm³/mol. The fraction of sp³-hybridized carbons (Fsp3) is 0.364. The number of halogens is 5. The highest BCUT2D eigenvalue weighted by molar-refractivity contribution is 5.96. The number of rotatable bonds is 2. The molecule has 0 aromatic heterocycles. The average Bonchev–Trinajstić information content (AvgIpc) is 2.14. The lowest BCUT2D eigenvalue weighted by Crippen LogP contribution is -2.10. The Morgan fingerprint density at radius 1 is 1.24 bits per heavy atom. The maximum absolute atomic E-state index is 12.6. The van der Waals surface area contributed by atoms with Crippen molar-refractivity contribution in [3.05, 3.63) is 34.4 Å². The summed E-state index contributed by atoms with van der Waals surface area (Å²) in [7, 11) is 0. The molecule has 0 radical (unpaired) electrons. The van der Waals surface area contributed by atoms with Crippen LogP contribution in [-0.2, 0) is 6.18 Å². The van der Waals surface area contributed by atoms with E-state index in [9.17, 15) is 26.7 Å². The zero-order valence-corrected chi connectivity index (χ0v) is 9.03. The molecule has 6 heteroatoms. The van der Waals surface area contributed by atoms with Gasteiger partial charge < -0.3 is 0 Å². The summed E-state index contributed by atoms with van der Waals surface area (Å²) < 4.78 is 62.5. The van der Waals surface area contributed by atoms with E-state index < -0.39 is 29.5 Å². The van der Waals surface area contributed by atoms with Crippen LogP contribution in [0, 0.1) is 6.92 Å². The predicted octanol–water partition coefficient (Wildman–Crippen LogP) is 4.15. The minimum Gasteiger partial charge on any atom is -0.295 e. The van der Waals surface area contributed by atoms with Crippen LogP contribution in [0.5, 0.6) is 0 Å². The molecule has 0 aliphatic heterocycles. The number of Topliss-reactive ketones (excluding diaryl/α,β-unsaturated/α-hetero) is 1. The molecular weight excluding hydrogens is 243 g/mol. The molecular formula is C11H9F5O. The molecule has 94 valence electrons. The van der Waals surface area contributed by atoms with Crippen molar-refractivity contribution >= 4 is 5.78 Å². The molecule has 0 saturated carbocycles. The molecule has 0 N–H and O–H groups in total. The number of carbonyl (C=O) groups excluding carboxylic acids is 1. The molecule has 0 atom stereocenters. The number of alkyl halides is 5. The molecule has 0 bridgehead atoms. The van der Waals surface area contributed by atoms with E-state index in [1.165, 1.54) is 6.92 Å². The summed E-state index contributed by atoms with van der Waals surface area (Å²) in [5.74, 6) is -0.671. The molecule has 1 aromatic rings. The maximum Gasteiger partial charge on any atom is 0.416 e. The first-order valence-electron chi connectivity index (χ1n) is 4.65.